The normalized spacial score (nSPS) is 9.04. The summed E-state index contributed by atoms with van der Waals surface area (Å²) in [5, 5.41) is 55.9. The molecule has 8 nitrogen and oxygen atoms in total. The Balaban J connectivity index is 0.000000403. The molecule has 0 aliphatic heterocycles. The SMILES string of the molecule is O=C(O)c1cccc(O)c1[O-].O=C(O)c1cccc(O)c1[O-].[Zn+2]. The Bertz CT molecular complexity index is 652. The number of benzene rings is 2. The second kappa shape index (κ2) is 8.60. The minimum Gasteiger partial charge on any atom is -0.869 e. The standard InChI is InChI=1S/2C7H6O4.Zn/c2*8-5-3-1-2-4(6(5)9)7(10)11;/h2*1-3,8-9H,(H,10,11);/q;;+2/p-2. The van der Waals surface area contributed by atoms with Crippen LogP contribution in [0, 0.1) is 0 Å². The van der Waals surface area contributed by atoms with Gasteiger partial charge in [0.2, 0.25) is 0 Å². The summed E-state index contributed by atoms with van der Waals surface area (Å²) in [5.74, 6) is -5.42. The molecule has 2 aromatic rings. The van der Waals surface area contributed by atoms with Gasteiger partial charge >= 0.3 is 31.4 Å². The number of rotatable bonds is 2. The molecule has 0 aliphatic carbocycles. The summed E-state index contributed by atoms with van der Waals surface area (Å²) in [6.45, 7) is 0. The van der Waals surface area contributed by atoms with E-state index in [1.807, 2.05) is 0 Å². The van der Waals surface area contributed by atoms with Crippen LogP contribution in [0.2, 0.25) is 0 Å². The van der Waals surface area contributed by atoms with Crippen LogP contribution in [0.15, 0.2) is 36.4 Å². The van der Waals surface area contributed by atoms with Gasteiger partial charge in [0.15, 0.2) is 0 Å². The van der Waals surface area contributed by atoms with Crippen LogP contribution in [0.3, 0.4) is 0 Å². The van der Waals surface area contributed by atoms with E-state index in [2.05, 4.69) is 0 Å². The van der Waals surface area contributed by atoms with Crippen molar-refractivity contribution in [2.75, 3.05) is 0 Å². The van der Waals surface area contributed by atoms with Gasteiger partial charge in [0.25, 0.3) is 0 Å². The molecule has 23 heavy (non-hydrogen) atoms. The quantitative estimate of drug-likeness (QED) is 0.549. The van der Waals surface area contributed by atoms with Gasteiger partial charge in [-0.25, -0.2) is 9.59 Å². The maximum Gasteiger partial charge on any atom is 2.00 e. The minimum atomic E-state index is -1.33. The van der Waals surface area contributed by atoms with Crippen molar-refractivity contribution in [3.63, 3.8) is 0 Å². The van der Waals surface area contributed by atoms with E-state index in [0.29, 0.717) is 0 Å². The molecule has 0 amide bonds. The molecule has 0 spiro atoms. The molecule has 0 fully saturated rings. The molecular weight excluding hydrogens is 362 g/mol. The molecule has 0 unspecified atom stereocenters. The Morgan fingerprint density at radius 2 is 1.04 bits per heavy atom. The predicted octanol–water partition coefficient (Wildman–Crippen LogP) is 0.325. The summed E-state index contributed by atoms with van der Waals surface area (Å²) in [5.41, 5.74) is -0.824. The molecule has 0 aliphatic rings. The maximum atomic E-state index is 10.8. The van der Waals surface area contributed by atoms with Crippen LogP contribution in [0.5, 0.6) is 23.0 Å². The predicted molar refractivity (Wildman–Crippen MR) is 69.0 cm³/mol. The summed E-state index contributed by atoms with van der Waals surface area (Å²) in [7, 11) is 0. The average Bonchev–Trinajstić information content (AvgIpc) is 2.45. The van der Waals surface area contributed by atoms with Crippen molar-refractivity contribution in [2.24, 2.45) is 0 Å². The van der Waals surface area contributed by atoms with Crippen LogP contribution in [-0.2, 0) is 19.5 Å². The smallest absolute Gasteiger partial charge is 0.869 e. The third kappa shape index (κ3) is 5.16. The van der Waals surface area contributed by atoms with Crippen LogP contribution in [0.25, 0.3) is 0 Å². The van der Waals surface area contributed by atoms with E-state index in [0.717, 1.165) is 24.3 Å². The molecule has 0 radical (unpaired) electrons. The van der Waals surface area contributed by atoms with Gasteiger partial charge < -0.3 is 30.6 Å². The molecule has 0 bridgehead atoms. The summed E-state index contributed by atoms with van der Waals surface area (Å²) in [4.78, 5) is 20.5. The van der Waals surface area contributed by atoms with E-state index in [-0.39, 0.29) is 19.5 Å². The number of carbonyl (C=O) groups is 2. The van der Waals surface area contributed by atoms with Crippen molar-refractivity contribution in [3.8, 4) is 23.0 Å². The Hall–Kier alpha value is -2.80. The van der Waals surface area contributed by atoms with Crippen LogP contribution >= 0.6 is 0 Å². The number of para-hydroxylation sites is 2. The van der Waals surface area contributed by atoms with Gasteiger partial charge in [-0.3, -0.25) is 0 Å². The number of carboxylic acids is 2. The van der Waals surface area contributed by atoms with Crippen molar-refractivity contribution in [1.29, 1.82) is 0 Å². The molecule has 2 rings (SSSR count). The molecular formula is C14H10O8Zn. The fourth-order valence-electron chi connectivity index (χ4n) is 1.39. The fraction of sp³-hybridized carbons (Fsp3) is 0. The van der Waals surface area contributed by atoms with E-state index < -0.39 is 46.1 Å². The number of aromatic carboxylic acids is 2. The van der Waals surface area contributed by atoms with Crippen LogP contribution < -0.4 is 10.2 Å². The van der Waals surface area contributed by atoms with E-state index in [1.54, 1.807) is 0 Å². The number of phenols is 2. The average molecular weight is 372 g/mol. The van der Waals surface area contributed by atoms with Gasteiger partial charge in [-0.2, -0.15) is 0 Å². The first-order valence-corrected chi connectivity index (χ1v) is 5.70. The second-order valence-electron chi connectivity index (χ2n) is 3.92. The molecule has 0 saturated heterocycles. The molecule has 0 saturated carbocycles. The molecule has 2 aromatic carbocycles. The van der Waals surface area contributed by atoms with Gasteiger partial charge in [0, 0.05) is 0 Å². The van der Waals surface area contributed by atoms with Crippen molar-refractivity contribution < 1.29 is 59.7 Å². The molecule has 0 aromatic heterocycles. The topological polar surface area (TPSA) is 161 Å². The van der Waals surface area contributed by atoms with Crippen molar-refractivity contribution in [2.45, 2.75) is 0 Å². The first-order valence-electron chi connectivity index (χ1n) is 5.70. The fourth-order valence-corrected chi connectivity index (χ4v) is 1.39. The van der Waals surface area contributed by atoms with Crippen molar-refractivity contribution in [1.82, 2.24) is 0 Å². The number of aromatic hydroxyl groups is 2. The number of carboxylic acid groups (broad SMARTS) is 2. The molecule has 0 atom stereocenters. The maximum absolute atomic E-state index is 10.8. The summed E-state index contributed by atoms with van der Waals surface area (Å²) >= 11 is 0. The van der Waals surface area contributed by atoms with Crippen LogP contribution in [0.1, 0.15) is 20.7 Å². The monoisotopic (exact) mass is 370 g/mol. The Morgan fingerprint density at radius 1 is 0.739 bits per heavy atom. The summed E-state index contributed by atoms with van der Waals surface area (Å²) < 4.78 is 0. The van der Waals surface area contributed by atoms with E-state index in [4.69, 9.17) is 20.4 Å². The van der Waals surface area contributed by atoms with Gasteiger partial charge in [-0.15, -0.1) is 0 Å². The van der Waals surface area contributed by atoms with Gasteiger partial charge in [-0.1, -0.05) is 23.6 Å². The Kier molecular flexibility index (Phi) is 7.55. The summed E-state index contributed by atoms with van der Waals surface area (Å²) in [6, 6.07) is 7.19. The van der Waals surface area contributed by atoms with E-state index >= 15 is 0 Å². The van der Waals surface area contributed by atoms with Crippen LogP contribution in [0.4, 0.5) is 0 Å². The third-order valence-corrected chi connectivity index (χ3v) is 2.45. The van der Waals surface area contributed by atoms with E-state index in [1.165, 1.54) is 12.1 Å². The molecule has 9 heteroatoms. The molecule has 4 N–H and O–H groups in total. The van der Waals surface area contributed by atoms with Gasteiger partial charge in [-0.05, 0) is 24.3 Å². The zero-order valence-corrected chi connectivity index (χ0v) is 14.6. The minimum absolute atomic E-state index is 0. The zero-order valence-electron chi connectivity index (χ0n) is 11.6. The number of hydrogen-bond acceptors (Lipinski definition) is 6. The molecule has 0 heterocycles. The first-order chi connectivity index (χ1) is 10.3. The zero-order chi connectivity index (χ0) is 16.9. The number of hydrogen-bond donors (Lipinski definition) is 4. The Morgan fingerprint density at radius 3 is 1.26 bits per heavy atom. The van der Waals surface area contributed by atoms with Gasteiger partial charge in [0.1, 0.15) is 11.5 Å². The number of phenolic OH excluding ortho intramolecular Hbond substituents is 2. The summed E-state index contributed by atoms with van der Waals surface area (Å²) in [6.07, 6.45) is 0. The Labute approximate surface area is 142 Å². The second-order valence-corrected chi connectivity index (χ2v) is 3.92. The largest absolute Gasteiger partial charge is 2.00 e. The van der Waals surface area contributed by atoms with E-state index in [9.17, 15) is 19.8 Å². The third-order valence-electron chi connectivity index (χ3n) is 2.45. The van der Waals surface area contributed by atoms with Crippen molar-refractivity contribution in [3.05, 3.63) is 47.5 Å². The first kappa shape index (κ1) is 20.2. The van der Waals surface area contributed by atoms with Crippen LogP contribution in [-0.4, -0.2) is 32.4 Å². The van der Waals surface area contributed by atoms with Crippen molar-refractivity contribution >= 4 is 11.9 Å². The van der Waals surface area contributed by atoms with Gasteiger partial charge in [0.05, 0.1) is 11.1 Å². The molecule has 116 valence electrons.